The number of benzene rings is 1. The van der Waals surface area contributed by atoms with Crippen molar-refractivity contribution in [2.24, 2.45) is 4.99 Å². The molecule has 0 amide bonds. The molecule has 0 aliphatic carbocycles. The van der Waals surface area contributed by atoms with Gasteiger partial charge in [0.1, 0.15) is 0 Å². The summed E-state index contributed by atoms with van der Waals surface area (Å²) >= 11 is 4.67. The molecule has 0 spiro atoms. The van der Waals surface area contributed by atoms with Crippen LogP contribution in [0.5, 0.6) is 0 Å². The van der Waals surface area contributed by atoms with Crippen LogP contribution in [0.25, 0.3) is 0 Å². The third-order valence-electron chi connectivity index (χ3n) is 3.40. The fraction of sp³-hybridized carbons (Fsp3) is 0.500. The Bertz CT molecular complexity index is 565. The van der Waals surface area contributed by atoms with Crippen molar-refractivity contribution in [2.45, 2.75) is 47.0 Å². The zero-order valence-corrected chi connectivity index (χ0v) is 12.9. The molecule has 0 atom stereocenters. The Morgan fingerprint density at radius 1 is 1.16 bits per heavy atom. The SMILES string of the molecule is Cc1c(C)c(N=C=S)c(C(C)(C)C)c([N+](=O)[O-])c1C. The smallest absolute Gasteiger partial charge is 0.258 e. The second-order valence-corrected chi connectivity index (χ2v) is 5.84. The molecule has 0 saturated carbocycles. The molecule has 5 heteroatoms. The quantitative estimate of drug-likeness (QED) is 0.345. The topological polar surface area (TPSA) is 55.5 Å². The minimum absolute atomic E-state index is 0.139. The van der Waals surface area contributed by atoms with E-state index in [4.69, 9.17) is 0 Å². The highest BCUT2D eigenvalue weighted by molar-refractivity contribution is 7.78. The molecule has 0 aromatic heterocycles. The van der Waals surface area contributed by atoms with E-state index in [1.54, 1.807) is 6.92 Å². The predicted molar refractivity (Wildman–Crippen MR) is 80.7 cm³/mol. The molecule has 0 saturated heterocycles. The molecular weight excluding hydrogens is 260 g/mol. The molecule has 1 aromatic carbocycles. The highest BCUT2D eigenvalue weighted by atomic mass is 32.1. The lowest BCUT2D eigenvalue weighted by molar-refractivity contribution is -0.386. The molecule has 0 aliphatic heterocycles. The molecule has 0 aliphatic rings. The van der Waals surface area contributed by atoms with Gasteiger partial charge in [-0.2, -0.15) is 4.99 Å². The third-order valence-corrected chi connectivity index (χ3v) is 3.49. The van der Waals surface area contributed by atoms with Crippen LogP contribution in [0.2, 0.25) is 0 Å². The van der Waals surface area contributed by atoms with E-state index in [0.29, 0.717) is 16.8 Å². The lowest BCUT2D eigenvalue weighted by atomic mass is 9.80. The van der Waals surface area contributed by atoms with Gasteiger partial charge in [0.05, 0.1) is 21.3 Å². The number of nitrogens with zero attached hydrogens (tertiary/aromatic N) is 2. The Balaban J connectivity index is 4.03. The van der Waals surface area contributed by atoms with Gasteiger partial charge in [-0.1, -0.05) is 20.8 Å². The second kappa shape index (κ2) is 5.19. The van der Waals surface area contributed by atoms with E-state index in [1.165, 1.54) is 0 Å². The largest absolute Gasteiger partial charge is 0.278 e. The molecular formula is C14H18N2O2S. The van der Waals surface area contributed by atoms with Gasteiger partial charge < -0.3 is 0 Å². The average Bonchev–Trinajstić information content (AvgIpc) is 2.27. The van der Waals surface area contributed by atoms with E-state index < -0.39 is 5.41 Å². The van der Waals surface area contributed by atoms with E-state index in [1.807, 2.05) is 34.6 Å². The zero-order valence-electron chi connectivity index (χ0n) is 12.1. The maximum atomic E-state index is 11.4. The van der Waals surface area contributed by atoms with Crippen LogP contribution in [0.1, 0.15) is 43.0 Å². The highest BCUT2D eigenvalue weighted by Gasteiger charge is 2.32. The van der Waals surface area contributed by atoms with Crippen LogP contribution < -0.4 is 0 Å². The molecule has 102 valence electrons. The van der Waals surface area contributed by atoms with Gasteiger partial charge in [0, 0.05) is 5.56 Å². The Morgan fingerprint density at radius 3 is 2.05 bits per heavy atom. The minimum Gasteiger partial charge on any atom is -0.258 e. The molecule has 19 heavy (non-hydrogen) atoms. The summed E-state index contributed by atoms with van der Waals surface area (Å²) in [4.78, 5) is 15.2. The number of nitro groups is 1. The van der Waals surface area contributed by atoms with Crippen LogP contribution in [-0.4, -0.2) is 10.1 Å². The van der Waals surface area contributed by atoms with Crippen molar-refractivity contribution in [3.8, 4) is 0 Å². The van der Waals surface area contributed by atoms with Crippen molar-refractivity contribution in [1.82, 2.24) is 0 Å². The lowest BCUT2D eigenvalue weighted by Crippen LogP contribution is -2.16. The van der Waals surface area contributed by atoms with Gasteiger partial charge in [-0.15, -0.1) is 0 Å². The molecule has 4 nitrogen and oxygen atoms in total. The van der Waals surface area contributed by atoms with E-state index in [0.717, 1.165) is 11.1 Å². The number of isothiocyanates is 1. The number of hydrogen-bond donors (Lipinski definition) is 0. The molecule has 0 fully saturated rings. The summed E-state index contributed by atoms with van der Waals surface area (Å²) < 4.78 is 0. The monoisotopic (exact) mass is 278 g/mol. The van der Waals surface area contributed by atoms with Crippen LogP contribution in [0.3, 0.4) is 0 Å². The zero-order chi connectivity index (χ0) is 15.0. The molecule has 0 radical (unpaired) electrons. The molecule has 1 rings (SSSR count). The Labute approximate surface area is 118 Å². The van der Waals surface area contributed by atoms with Gasteiger partial charge in [-0.05, 0) is 49.5 Å². The van der Waals surface area contributed by atoms with Crippen molar-refractivity contribution >= 4 is 28.8 Å². The molecule has 0 bridgehead atoms. The average molecular weight is 278 g/mol. The Kier molecular flexibility index (Phi) is 4.23. The predicted octanol–water partition coefficient (Wildman–Crippen LogP) is 4.55. The summed E-state index contributed by atoms with van der Waals surface area (Å²) in [6, 6.07) is 0. The maximum absolute atomic E-state index is 11.4. The van der Waals surface area contributed by atoms with Crippen LogP contribution in [0.4, 0.5) is 11.4 Å². The van der Waals surface area contributed by atoms with E-state index in [-0.39, 0.29) is 10.6 Å². The third kappa shape index (κ3) is 2.72. The highest BCUT2D eigenvalue weighted by Crippen LogP contribution is 2.44. The van der Waals surface area contributed by atoms with Gasteiger partial charge >= 0.3 is 0 Å². The van der Waals surface area contributed by atoms with Crippen LogP contribution in [-0.2, 0) is 5.41 Å². The first-order chi connectivity index (χ1) is 8.62. The summed E-state index contributed by atoms with van der Waals surface area (Å²) in [5, 5.41) is 13.8. The van der Waals surface area contributed by atoms with Crippen molar-refractivity contribution in [1.29, 1.82) is 0 Å². The lowest BCUT2D eigenvalue weighted by Gasteiger charge is -2.24. The summed E-state index contributed by atoms with van der Waals surface area (Å²) in [7, 11) is 0. The minimum atomic E-state index is -0.392. The number of rotatable bonds is 2. The van der Waals surface area contributed by atoms with Crippen LogP contribution >= 0.6 is 12.2 Å². The van der Waals surface area contributed by atoms with Crippen LogP contribution in [0, 0.1) is 30.9 Å². The van der Waals surface area contributed by atoms with Gasteiger partial charge in [0.2, 0.25) is 0 Å². The molecule has 0 unspecified atom stereocenters. The summed E-state index contributed by atoms with van der Waals surface area (Å²) in [5.41, 5.74) is 3.44. The van der Waals surface area contributed by atoms with Crippen molar-refractivity contribution in [2.75, 3.05) is 0 Å². The standard InChI is InChI=1S/C14H18N2O2S/c1-8-9(2)12(15-7-19)11(14(4,5)6)13(10(8)3)16(17)18/h1-6H3. The van der Waals surface area contributed by atoms with Gasteiger partial charge in [-0.25, -0.2) is 0 Å². The Morgan fingerprint density at radius 2 is 1.68 bits per heavy atom. The van der Waals surface area contributed by atoms with E-state index in [2.05, 4.69) is 22.4 Å². The second-order valence-electron chi connectivity index (χ2n) is 5.66. The van der Waals surface area contributed by atoms with E-state index in [9.17, 15) is 10.1 Å². The number of nitro benzene ring substituents is 1. The maximum Gasteiger partial charge on any atom is 0.278 e. The molecule has 1 aromatic rings. The normalized spacial score (nSPS) is 11.1. The summed E-state index contributed by atoms with van der Waals surface area (Å²) in [5.74, 6) is 0. The fourth-order valence-corrected chi connectivity index (χ4v) is 2.34. The van der Waals surface area contributed by atoms with Crippen LogP contribution in [0.15, 0.2) is 4.99 Å². The first kappa shape index (κ1) is 15.5. The van der Waals surface area contributed by atoms with Crippen molar-refractivity contribution in [3.05, 3.63) is 32.4 Å². The number of hydrogen-bond acceptors (Lipinski definition) is 4. The Hall–Kier alpha value is -1.58. The van der Waals surface area contributed by atoms with Gasteiger partial charge in [0.25, 0.3) is 5.69 Å². The van der Waals surface area contributed by atoms with Gasteiger partial charge in [0.15, 0.2) is 0 Å². The first-order valence-corrected chi connectivity index (χ1v) is 6.40. The molecule has 0 heterocycles. The first-order valence-electron chi connectivity index (χ1n) is 5.99. The summed E-state index contributed by atoms with van der Waals surface area (Å²) in [6.07, 6.45) is 0. The number of aliphatic imine (C=N–C) groups is 1. The fourth-order valence-electron chi connectivity index (χ4n) is 2.25. The summed E-state index contributed by atoms with van der Waals surface area (Å²) in [6.45, 7) is 11.4. The van der Waals surface area contributed by atoms with Gasteiger partial charge in [-0.3, -0.25) is 10.1 Å². The van der Waals surface area contributed by atoms with Crippen molar-refractivity contribution < 1.29 is 4.92 Å². The number of thiocarbonyl (C=S) groups is 1. The van der Waals surface area contributed by atoms with E-state index >= 15 is 0 Å². The molecule has 0 N–H and O–H groups in total. The van der Waals surface area contributed by atoms with Crippen molar-refractivity contribution in [3.63, 3.8) is 0 Å².